The number of nitrogens with zero attached hydrogens (tertiary/aromatic N) is 2. The SMILES string of the molecule is CNCCOCCOCC(=O)C[C@@H](CCC(=O)N[C@@H](CCC(=O)NCCCC[C@H](NC)[N+](=O)N1CCCC1C(=O)O)C(=O)O)C(=O)O. The molecule has 0 aliphatic carbocycles. The summed E-state index contributed by atoms with van der Waals surface area (Å²) >= 11 is 0. The fraction of sp³-hybridized carbons (Fsp3) is 0.793. The summed E-state index contributed by atoms with van der Waals surface area (Å²) in [5, 5.41) is 40.3. The maximum atomic E-state index is 12.7. The molecule has 18 nitrogen and oxygen atoms in total. The lowest BCUT2D eigenvalue weighted by molar-refractivity contribution is -0.740. The molecule has 0 spiro atoms. The molecule has 1 unspecified atom stereocenters. The van der Waals surface area contributed by atoms with Gasteiger partial charge in [0, 0.05) is 38.8 Å². The van der Waals surface area contributed by atoms with Crippen LogP contribution < -0.4 is 21.3 Å². The molecule has 1 saturated heterocycles. The first-order valence-corrected chi connectivity index (χ1v) is 15.9. The third-order valence-electron chi connectivity index (χ3n) is 7.56. The highest BCUT2D eigenvalue weighted by Crippen LogP contribution is 2.19. The number of hydrazine groups is 1. The Kier molecular flexibility index (Phi) is 20.7. The van der Waals surface area contributed by atoms with Gasteiger partial charge < -0.3 is 40.7 Å². The second-order valence-electron chi connectivity index (χ2n) is 11.2. The minimum Gasteiger partial charge on any atom is -0.481 e. The molecule has 0 bridgehead atoms. The Hall–Kier alpha value is -3.74. The average Bonchev–Trinajstić information content (AvgIpc) is 3.52. The number of aliphatic carboxylic acids is 3. The van der Waals surface area contributed by atoms with Gasteiger partial charge in [0.25, 0.3) is 6.17 Å². The Bertz CT molecular complexity index is 1050. The topological polar surface area (TPSA) is 253 Å². The van der Waals surface area contributed by atoms with E-state index in [1.54, 1.807) is 14.1 Å². The second-order valence-corrected chi connectivity index (χ2v) is 11.2. The maximum absolute atomic E-state index is 12.7. The van der Waals surface area contributed by atoms with Gasteiger partial charge in [0.2, 0.25) is 11.8 Å². The van der Waals surface area contributed by atoms with Crippen molar-refractivity contribution in [2.75, 3.05) is 60.2 Å². The average molecular weight is 676 g/mol. The van der Waals surface area contributed by atoms with Crippen molar-refractivity contribution in [3.05, 3.63) is 4.91 Å². The lowest BCUT2D eigenvalue weighted by Crippen LogP contribution is -2.50. The van der Waals surface area contributed by atoms with E-state index in [4.69, 9.17) is 9.47 Å². The van der Waals surface area contributed by atoms with Crippen molar-refractivity contribution in [3.8, 4) is 0 Å². The van der Waals surface area contributed by atoms with Crippen molar-refractivity contribution in [2.45, 2.75) is 82.5 Å². The van der Waals surface area contributed by atoms with Gasteiger partial charge in [-0.3, -0.25) is 24.5 Å². The first-order chi connectivity index (χ1) is 22.4. The maximum Gasteiger partial charge on any atom is 0.332 e. The number of unbranched alkanes of at least 4 members (excludes halogenated alkanes) is 1. The molecule has 1 aliphatic rings. The Morgan fingerprint density at radius 3 is 2.21 bits per heavy atom. The zero-order valence-corrected chi connectivity index (χ0v) is 27.2. The second kappa shape index (κ2) is 23.6. The molecule has 1 fully saturated rings. The summed E-state index contributed by atoms with van der Waals surface area (Å²) < 4.78 is 10.5. The fourth-order valence-electron chi connectivity index (χ4n) is 4.89. The van der Waals surface area contributed by atoms with Gasteiger partial charge in [0.15, 0.2) is 11.8 Å². The summed E-state index contributed by atoms with van der Waals surface area (Å²) in [5.74, 6) is -6.42. The smallest absolute Gasteiger partial charge is 0.332 e. The number of rotatable bonds is 28. The number of carboxylic acids is 3. The van der Waals surface area contributed by atoms with E-state index in [-0.39, 0.29) is 58.5 Å². The van der Waals surface area contributed by atoms with Crippen molar-refractivity contribution < 1.29 is 58.4 Å². The first kappa shape index (κ1) is 41.3. The van der Waals surface area contributed by atoms with Crippen LogP contribution in [-0.2, 0) is 38.2 Å². The van der Waals surface area contributed by atoms with Gasteiger partial charge in [0.05, 0.1) is 37.2 Å². The van der Waals surface area contributed by atoms with E-state index in [1.807, 2.05) is 0 Å². The number of Topliss-reactive ketones (excluding diaryl/α,β-unsaturated/α-hetero) is 1. The third kappa shape index (κ3) is 17.1. The van der Waals surface area contributed by atoms with E-state index >= 15 is 0 Å². The molecule has 18 heteroatoms. The van der Waals surface area contributed by atoms with E-state index in [9.17, 15) is 49.0 Å². The Balaban J connectivity index is 2.35. The Morgan fingerprint density at radius 2 is 1.57 bits per heavy atom. The van der Waals surface area contributed by atoms with Crippen LogP contribution in [0.4, 0.5) is 0 Å². The van der Waals surface area contributed by atoms with E-state index in [0.29, 0.717) is 56.7 Å². The van der Waals surface area contributed by atoms with E-state index in [1.165, 1.54) is 5.01 Å². The van der Waals surface area contributed by atoms with Crippen LogP contribution in [0.2, 0.25) is 0 Å². The van der Waals surface area contributed by atoms with Crippen LogP contribution in [0.5, 0.6) is 0 Å². The molecule has 268 valence electrons. The standard InChI is InChI=1S/C29H50N6O12/c1-30-13-15-46-16-17-47-19-21(36)18-20(27(39)40)8-10-26(38)33-22(28(41)42)9-11-25(37)32-12-4-3-7-24(31-2)35(45)34-14-5-6-23(34)29(43)44/h20,22-24,30-31H,3-19H2,1-2H3,(H4-,32,33,37,38,39,40,41,42,43,44)/p+1/t20-,22+,23?,24-/m1/s1. The van der Waals surface area contributed by atoms with Gasteiger partial charge in [-0.1, -0.05) is 0 Å². The molecule has 0 aromatic carbocycles. The van der Waals surface area contributed by atoms with Crippen LogP contribution in [0, 0.1) is 10.8 Å². The number of hydrogen-bond acceptors (Lipinski definition) is 11. The molecule has 47 heavy (non-hydrogen) atoms. The predicted molar refractivity (Wildman–Crippen MR) is 165 cm³/mol. The molecule has 2 amide bonds. The fourth-order valence-corrected chi connectivity index (χ4v) is 4.89. The minimum atomic E-state index is -1.37. The van der Waals surface area contributed by atoms with Gasteiger partial charge in [-0.25, -0.2) is 9.59 Å². The van der Waals surface area contributed by atoms with Crippen LogP contribution in [-0.4, -0.2) is 139 Å². The number of carboxylic acid groups (broad SMARTS) is 3. The normalized spacial score (nSPS) is 16.2. The number of nitrogens with one attached hydrogen (secondary N) is 4. The third-order valence-corrected chi connectivity index (χ3v) is 7.56. The molecular formula is C29H51N6O12+. The molecule has 0 aromatic heterocycles. The number of nitroso groups, excluding NO2 is 1. The summed E-state index contributed by atoms with van der Waals surface area (Å²) in [7, 11) is 3.39. The van der Waals surface area contributed by atoms with Gasteiger partial charge in [-0.2, -0.15) is 0 Å². The highest BCUT2D eigenvalue weighted by Gasteiger charge is 2.42. The molecular weight excluding hydrogens is 624 g/mol. The molecule has 0 radical (unpaired) electrons. The van der Waals surface area contributed by atoms with Gasteiger partial charge in [-0.05, 0) is 52.6 Å². The lowest BCUT2D eigenvalue weighted by atomic mass is 9.97. The van der Waals surface area contributed by atoms with Crippen molar-refractivity contribution in [3.63, 3.8) is 0 Å². The van der Waals surface area contributed by atoms with E-state index < -0.39 is 59.7 Å². The number of ether oxygens (including phenoxy) is 2. The van der Waals surface area contributed by atoms with Crippen LogP contribution >= 0.6 is 0 Å². The number of ketones is 1. The van der Waals surface area contributed by atoms with Gasteiger partial charge in [-0.15, -0.1) is 5.01 Å². The number of likely N-dealkylation sites (N-methyl/N-ethyl adjacent to an activating group) is 1. The van der Waals surface area contributed by atoms with Crippen molar-refractivity contribution in [2.24, 2.45) is 5.92 Å². The molecule has 1 aliphatic heterocycles. The van der Waals surface area contributed by atoms with Crippen LogP contribution in [0.25, 0.3) is 0 Å². The first-order valence-electron chi connectivity index (χ1n) is 15.9. The summed E-state index contributed by atoms with van der Waals surface area (Å²) in [4.78, 5) is 84.8. The van der Waals surface area contributed by atoms with Gasteiger partial charge >= 0.3 is 17.9 Å². The zero-order chi connectivity index (χ0) is 35.2. The Morgan fingerprint density at radius 1 is 0.872 bits per heavy atom. The summed E-state index contributed by atoms with van der Waals surface area (Å²) in [5.41, 5.74) is 0. The molecule has 4 atom stereocenters. The highest BCUT2D eigenvalue weighted by molar-refractivity contribution is 5.86. The van der Waals surface area contributed by atoms with Gasteiger partial charge in [0.1, 0.15) is 17.5 Å². The Labute approximate surface area is 273 Å². The van der Waals surface area contributed by atoms with Crippen LogP contribution in [0.3, 0.4) is 0 Å². The van der Waals surface area contributed by atoms with Crippen LogP contribution in [0.15, 0.2) is 0 Å². The number of hydrogen-bond donors (Lipinski definition) is 7. The molecule has 7 N–H and O–H groups in total. The number of carbonyl (C=O) groups excluding carboxylic acids is 3. The van der Waals surface area contributed by atoms with Crippen molar-refractivity contribution in [1.82, 2.24) is 26.3 Å². The van der Waals surface area contributed by atoms with Crippen LogP contribution in [0.1, 0.15) is 64.2 Å². The molecule has 0 aromatic rings. The van der Waals surface area contributed by atoms with E-state index in [2.05, 4.69) is 21.3 Å². The summed E-state index contributed by atoms with van der Waals surface area (Å²) in [6.07, 6.45) is 0.604. The van der Waals surface area contributed by atoms with Crippen molar-refractivity contribution in [1.29, 1.82) is 0 Å². The lowest BCUT2D eigenvalue weighted by Gasteiger charge is -2.18. The number of carbonyl (C=O) groups is 6. The summed E-state index contributed by atoms with van der Waals surface area (Å²) in [6.45, 7) is 1.93. The number of amides is 2. The molecule has 1 heterocycles. The van der Waals surface area contributed by atoms with E-state index in [0.717, 1.165) is 0 Å². The molecule has 1 rings (SSSR count). The zero-order valence-electron chi connectivity index (χ0n) is 27.2. The van der Waals surface area contributed by atoms with Crippen molar-refractivity contribution >= 4 is 35.5 Å². The highest BCUT2D eigenvalue weighted by atomic mass is 16.5. The largest absolute Gasteiger partial charge is 0.481 e. The monoisotopic (exact) mass is 675 g/mol. The summed E-state index contributed by atoms with van der Waals surface area (Å²) in [6, 6.07) is -2.23. The predicted octanol–water partition coefficient (Wildman–Crippen LogP) is -0.896. The quantitative estimate of drug-likeness (QED) is 0.0302. The minimum absolute atomic E-state index is 0.166. The molecule has 0 saturated carbocycles.